The van der Waals surface area contributed by atoms with Gasteiger partial charge in [-0.1, -0.05) is 42.1 Å². The molecule has 27 heavy (non-hydrogen) atoms. The van der Waals surface area contributed by atoms with Crippen LogP contribution in [0.15, 0.2) is 71.5 Å². The summed E-state index contributed by atoms with van der Waals surface area (Å²) in [5, 5.41) is 3.59. The van der Waals surface area contributed by atoms with E-state index in [9.17, 15) is 4.79 Å². The van der Waals surface area contributed by atoms with Gasteiger partial charge in [-0.25, -0.2) is 0 Å². The molecule has 1 N–H and O–H groups in total. The Morgan fingerprint density at radius 3 is 2.63 bits per heavy atom. The minimum atomic E-state index is 0.776. The molecule has 4 heteroatoms. The molecule has 1 aliphatic rings. The normalized spacial score (nSPS) is 12.2. The van der Waals surface area contributed by atoms with Crippen LogP contribution in [0.5, 0.6) is 0 Å². The molecule has 1 aliphatic heterocycles. The molecule has 0 bridgehead atoms. The average Bonchev–Trinajstić information content (AvgIpc) is 2.70. The van der Waals surface area contributed by atoms with Gasteiger partial charge in [0.05, 0.1) is 0 Å². The number of hydrogen-bond acceptors (Lipinski definition) is 4. The van der Waals surface area contributed by atoms with Crippen LogP contribution in [0.1, 0.15) is 27.9 Å². The summed E-state index contributed by atoms with van der Waals surface area (Å²) in [5.74, 6) is 0. The van der Waals surface area contributed by atoms with Crippen molar-refractivity contribution in [2.45, 2.75) is 22.6 Å². The van der Waals surface area contributed by atoms with Crippen LogP contribution in [0.25, 0.3) is 0 Å². The summed E-state index contributed by atoms with van der Waals surface area (Å²) in [4.78, 5) is 16.2. The zero-order valence-corrected chi connectivity index (χ0v) is 16.4. The first-order valence-electron chi connectivity index (χ1n) is 9.31. The number of anilines is 1. The van der Waals surface area contributed by atoms with Crippen LogP contribution in [0.2, 0.25) is 0 Å². The Labute approximate surface area is 166 Å². The largest absolute Gasteiger partial charge is 0.385 e. The van der Waals surface area contributed by atoms with Crippen molar-refractivity contribution in [2.75, 3.05) is 31.5 Å². The lowest BCUT2D eigenvalue weighted by atomic mass is 10.00. The molecule has 0 amide bonds. The summed E-state index contributed by atoms with van der Waals surface area (Å²) in [6.45, 7) is 11.3. The topological polar surface area (TPSA) is 32.3 Å². The van der Waals surface area contributed by atoms with E-state index in [0.29, 0.717) is 0 Å². The SMILES string of the molecule is C=CCN(CC=C)CCCNc1ccc(C=O)c2c1Cc1ccccc1S2. The van der Waals surface area contributed by atoms with Crippen molar-refractivity contribution < 1.29 is 4.79 Å². The highest BCUT2D eigenvalue weighted by Crippen LogP contribution is 2.43. The number of benzene rings is 2. The van der Waals surface area contributed by atoms with Gasteiger partial charge < -0.3 is 5.32 Å². The maximum atomic E-state index is 11.5. The van der Waals surface area contributed by atoms with E-state index in [0.717, 1.165) is 61.5 Å². The Balaban J connectivity index is 1.69. The van der Waals surface area contributed by atoms with Gasteiger partial charge >= 0.3 is 0 Å². The monoisotopic (exact) mass is 378 g/mol. The standard InChI is InChI=1S/C23H26N2OS/c1-3-13-25(14-4-2)15-7-12-24-21-11-10-19(17-26)23-20(21)16-18-8-5-6-9-22(18)27-23/h3-6,8-11,17,24H,1-2,7,12-16H2. The molecular formula is C23H26N2OS. The molecule has 0 saturated heterocycles. The van der Waals surface area contributed by atoms with Crippen LogP contribution in [0.4, 0.5) is 5.69 Å². The van der Waals surface area contributed by atoms with E-state index < -0.39 is 0 Å². The first-order valence-corrected chi connectivity index (χ1v) is 10.1. The number of rotatable bonds is 10. The lowest BCUT2D eigenvalue weighted by Gasteiger charge is -2.24. The Hall–Kier alpha value is -2.30. The Morgan fingerprint density at radius 2 is 1.89 bits per heavy atom. The number of aldehydes is 1. The van der Waals surface area contributed by atoms with Gasteiger partial charge in [0.2, 0.25) is 0 Å². The summed E-state index contributed by atoms with van der Waals surface area (Å²) < 4.78 is 0. The molecule has 2 aromatic rings. The van der Waals surface area contributed by atoms with Gasteiger partial charge in [-0.3, -0.25) is 9.69 Å². The summed E-state index contributed by atoms with van der Waals surface area (Å²) in [6.07, 6.45) is 6.73. The second kappa shape index (κ2) is 9.58. The van der Waals surface area contributed by atoms with E-state index in [1.165, 1.54) is 16.0 Å². The number of nitrogens with zero attached hydrogens (tertiary/aromatic N) is 1. The van der Waals surface area contributed by atoms with E-state index in [1.54, 1.807) is 11.8 Å². The molecule has 2 aromatic carbocycles. The third kappa shape index (κ3) is 4.71. The van der Waals surface area contributed by atoms with Crippen LogP contribution in [-0.2, 0) is 6.42 Å². The Bertz CT molecular complexity index is 821. The van der Waals surface area contributed by atoms with E-state index in [1.807, 2.05) is 24.3 Å². The van der Waals surface area contributed by atoms with Crippen LogP contribution in [0.3, 0.4) is 0 Å². The zero-order chi connectivity index (χ0) is 19.1. The highest BCUT2D eigenvalue weighted by atomic mass is 32.2. The number of nitrogens with one attached hydrogen (secondary N) is 1. The predicted octanol–water partition coefficient (Wildman–Crippen LogP) is 5.03. The maximum absolute atomic E-state index is 11.5. The summed E-state index contributed by atoms with van der Waals surface area (Å²) in [5.41, 5.74) is 4.47. The van der Waals surface area contributed by atoms with E-state index in [2.05, 4.69) is 47.6 Å². The van der Waals surface area contributed by atoms with Crippen LogP contribution >= 0.6 is 11.8 Å². The minimum absolute atomic E-state index is 0.776. The molecule has 0 saturated carbocycles. The van der Waals surface area contributed by atoms with Gasteiger partial charge in [0, 0.05) is 53.6 Å². The molecule has 0 atom stereocenters. The molecule has 0 unspecified atom stereocenters. The number of carbonyl (C=O) groups excluding carboxylic acids is 1. The van der Waals surface area contributed by atoms with Gasteiger partial charge in [-0.05, 0) is 35.7 Å². The fraction of sp³-hybridized carbons (Fsp3) is 0.261. The highest BCUT2D eigenvalue weighted by Gasteiger charge is 2.21. The zero-order valence-electron chi connectivity index (χ0n) is 15.6. The molecule has 3 nitrogen and oxygen atoms in total. The molecule has 0 fully saturated rings. The van der Waals surface area contributed by atoms with Crippen molar-refractivity contribution in [1.82, 2.24) is 4.90 Å². The molecule has 1 heterocycles. The molecule has 3 rings (SSSR count). The van der Waals surface area contributed by atoms with Crippen LogP contribution in [0, 0.1) is 0 Å². The van der Waals surface area contributed by atoms with Crippen molar-refractivity contribution in [3.05, 3.63) is 78.4 Å². The third-order valence-corrected chi connectivity index (χ3v) is 6.02. The molecule has 0 aromatic heterocycles. The van der Waals surface area contributed by atoms with Crippen molar-refractivity contribution in [3.63, 3.8) is 0 Å². The van der Waals surface area contributed by atoms with Gasteiger partial charge in [-0.2, -0.15) is 0 Å². The van der Waals surface area contributed by atoms with Gasteiger partial charge in [-0.15, -0.1) is 13.2 Å². The molecular weight excluding hydrogens is 352 g/mol. The van der Waals surface area contributed by atoms with Crippen LogP contribution in [-0.4, -0.2) is 37.4 Å². The second-order valence-corrected chi connectivity index (χ2v) is 7.68. The predicted molar refractivity (Wildman–Crippen MR) is 115 cm³/mol. The van der Waals surface area contributed by atoms with E-state index >= 15 is 0 Å². The molecule has 0 aliphatic carbocycles. The van der Waals surface area contributed by atoms with Crippen LogP contribution < -0.4 is 5.32 Å². The number of fused-ring (bicyclic) bond motifs is 2. The highest BCUT2D eigenvalue weighted by molar-refractivity contribution is 7.99. The fourth-order valence-corrected chi connectivity index (χ4v) is 4.58. The lowest BCUT2D eigenvalue weighted by Crippen LogP contribution is -2.26. The second-order valence-electron chi connectivity index (χ2n) is 6.63. The summed E-state index contributed by atoms with van der Waals surface area (Å²) in [6, 6.07) is 12.4. The fourth-order valence-electron chi connectivity index (χ4n) is 3.40. The third-order valence-electron chi connectivity index (χ3n) is 4.71. The average molecular weight is 379 g/mol. The minimum Gasteiger partial charge on any atom is -0.385 e. The Morgan fingerprint density at radius 1 is 1.11 bits per heavy atom. The smallest absolute Gasteiger partial charge is 0.151 e. The van der Waals surface area contributed by atoms with Gasteiger partial charge in [0.25, 0.3) is 0 Å². The lowest BCUT2D eigenvalue weighted by molar-refractivity contribution is 0.112. The van der Waals surface area contributed by atoms with E-state index in [4.69, 9.17) is 0 Å². The quantitative estimate of drug-likeness (QED) is 0.305. The molecule has 0 radical (unpaired) electrons. The van der Waals surface area contributed by atoms with E-state index in [-0.39, 0.29) is 0 Å². The van der Waals surface area contributed by atoms with Gasteiger partial charge in [0.1, 0.15) is 0 Å². The van der Waals surface area contributed by atoms with Crippen molar-refractivity contribution in [2.24, 2.45) is 0 Å². The summed E-state index contributed by atoms with van der Waals surface area (Å²) in [7, 11) is 0. The molecule has 140 valence electrons. The maximum Gasteiger partial charge on any atom is 0.151 e. The first-order chi connectivity index (χ1) is 13.3. The summed E-state index contributed by atoms with van der Waals surface area (Å²) >= 11 is 1.70. The van der Waals surface area contributed by atoms with Gasteiger partial charge in [0.15, 0.2) is 6.29 Å². The van der Waals surface area contributed by atoms with Crippen molar-refractivity contribution in [3.8, 4) is 0 Å². The van der Waals surface area contributed by atoms with Crippen molar-refractivity contribution >= 4 is 23.7 Å². The number of hydrogen-bond donors (Lipinski definition) is 1. The first kappa shape index (κ1) is 19.5. The number of carbonyl (C=O) groups is 1. The molecule has 0 spiro atoms. The Kier molecular flexibility index (Phi) is 6.91. The van der Waals surface area contributed by atoms with Crippen molar-refractivity contribution in [1.29, 1.82) is 0 Å².